The number of ether oxygens (including phenoxy) is 2. The van der Waals surface area contributed by atoms with E-state index in [0.717, 1.165) is 24.0 Å². The molecule has 1 amide bonds. The average Bonchev–Trinajstić information content (AvgIpc) is 3.28. The number of aromatic nitrogens is 5. The van der Waals surface area contributed by atoms with Crippen LogP contribution in [0.1, 0.15) is 46.5 Å². The third kappa shape index (κ3) is 5.21. The molecule has 4 atom stereocenters. The number of carbonyl (C=O) groups is 1. The number of fused-ring (bicyclic) bond motifs is 2. The average molecular weight is 511 g/mol. The molecule has 2 fully saturated rings. The van der Waals surface area contributed by atoms with Gasteiger partial charge in [0.25, 0.3) is 5.88 Å². The molecule has 2 aliphatic rings. The molecule has 11 heteroatoms. The van der Waals surface area contributed by atoms with Gasteiger partial charge in [0.15, 0.2) is 12.0 Å². The van der Waals surface area contributed by atoms with Crippen molar-refractivity contribution in [1.29, 1.82) is 0 Å². The number of amides is 1. The second-order valence-electron chi connectivity index (χ2n) is 10.6. The van der Waals surface area contributed by atoms with Crippen molar-refractivity contribution in [2.75, 3.05) is 0 Å². The summed E-state index contributed by atoms with van der Waals surface area (Å²) >= 11 is 0. The number of piperidine rings is 2. The molecule has 2 aromatic heterocycles. The molecule has 196 valence electrons. The summed E-state index contributed by atoms with van der Waals surface area (Å²) in [5.41, 5.74) is 1.44. The van der Waals surface area contributed by atoms with E-state index in [0.29, 0.717) is 18.4 Å². The number of aromatic hydroxyl groups is 1. The lowest BCUT2D eigenvalue weighted by molar-refractivity contribution is -0.0802. The maximum absolute atomic E-state index is 15.5. The first kappa shape index (κ1) is 24.9. The summed E-state index contributed by atoms with van der Waals surface area (Å²) in [6.07, 6.45) is 4.78. The molecule has 2 aliphatic heterocycles. The van der Waals surface area contributed by atoms with E-state index in [-0.39, 0.29) is 23.5 Å². The Kier molecular flexibility index (Phi) is 6.47. The zero-order chi connectivity index (χ0) is 26.3. The fraction of sp³-hybridized carbons (Fsp3) is 0.500. The summed E-state index contributed by atoms with van der Waals surface area (Å²) in [6, 6.07) is 4.39. The first-order valence-electron chi connectivity index (χ1n) is 12.4. The van der Waals surface area contributed by atoms with Crippen molar-refractivity contribution in [3.63, 3.8) is 0 Å². The fourth-order valence-corrected chi connectivity index (χ4v) is 5.08. The number of rotatable bonds is 4. The second-order valence-corrected chi connectivity index (χ2v) is 10.6. The number of nitrogens with zero attached hydrogens (tertiary/aromatic N) is 6. The highest BCUT2D eigenvalue weighted by Gasteiger charge is 2.50. The minimum absolute atomic E-state index is 0.00276. The number of hydrogen-bond acceptors (Lipinski definition) is 8. The Bertz CT molecular complexity index is 1270. The standard InChI is InChI=1S/C26H31FN6O4/c1-26(2,3)37-25(35)33-17-6-5-7-19(33)23(27)21(11-17)36-22-13-28-24(31-30-22)18-9-8-15(10-20(18)34)16-12-29-32(4)14-16/h8-10,12-14,17,19,21,23,34H,5-7,11H2,1-4H3/t17-,19+,21-,23+/m0/s1. The number of carbonyl (C=O) groups excluding carboxylic acids is 1. The van der Waals surface area contributed by atoms with E-state index in [1.807, 2.05) is 19.3 Å². The van der Waals surface area contributed by atoms with Crippen LogP contribution < -0.4 is 4.74 Å². The van der Waals surface area contributed by atoms with Gasteiger partial charge in [-0.25, -0.2) is 14.2 Å². The smallest absolute Gasteiger partial charge is 0.410 e. The van der Waals surface area contributed by atoms with Crippen molar-refractivity contribution in [2.24, 2.45) is 7.05 Å². The number of alkyl halides is 1. The van der Waals surface area contributed by atoms with Crippen molar-refractivity contribution < 1.29 is 23.8 Å². The van der Waals surface area contributed by atoms with Gasteiger partial charge in [-0.15, -0.1) is 10.2 Å². The molecule has 2 bridgehead atoms. The first-order valence-corrected chi connectivity index (χ1v) is 12.4. The van der Waals surface area contributed by atoms with Crippen molar-refractivity contribution in [3.05, 3.63) is 36.8 Å². The molecule has 37 heavy (non-hydrogen) atoms. The van der Waals surface area contributed by atoms with E-state index in [4.69, 9.17) is 9.47 Å². The van der Waals surface area contributed by atoms with Crippen LogP contribution in [-0.4, -0.2) is 71.0 Å². The highest BCUT2D eigenvalue weighted by molar-refractivity contribution is 5.72. The molecule has 0 radical (unpaired) electrons. The zero-order valence-corrected chi connectivity index (χ0v) is 21.3. The van der Waals surface area contributed by atoms with Gasteiger partial charge in [-0.2, -0.15) is 5.10 Å². The van der Waals surface area contributed by atoms with E-state index in [1.54, 1.807) is 48.7 Å². The SMILES string of the molecule is Cn1cc(-c2ccc(-c3ncc(O[C@H]4C[C@@H]5CCC[C@H]([C@H]4F)N5C(=O)OC(C)(C)C)nn3)c(O)c2)cn1. The predicted molar refractivity (Wildman–Crippen MR) is 133 cm³/mol. The molecule has 0 aliphatic carbocycles. The molecule has 4 heterocycles. The molecular formula is C26H31FN6O4. The monoisotopic (exact) mass is 510 g/mol. The van der Waals surface area contributed by atoms with Gasteiger partial charge in [0, 0.05) is 31.3 Å². The summed E-state index contributed by atoms with van der Waals surface area (Å²) in [6.45, 7) is 5.40. The quantitative estimate of drug-likeness (QED) is 0.553. The summed E-state index contributed by atoms with van der Waals surface area (Å²) in [5.74, 6) is 0.311. The van der Waals surface area contributed by atoms with Gasteiger partial charge in [0.1, 0.15) is 17.5 Å². The lowest BCUT2D eigenvalue weighted by Gasteiger charge is -2.49. The third-order valence-electron chi connectivity index (χ3n) is 6.71. The van der Waals surface area contributed by atoms with Crippen LogP contribution in [0.25, 0.3) is 22.5 Å². The Morgan fingerprint density at radius 1 is 1.16 bits per heavy atom. The van der Waals surface area contributed by atoms with Crippen molar-refractivity contribution >= 4 is 6.09 Å². The lowest BCUT2D eigenvalue weighted by Crippen LogP contribution is -2.63. The molecule has 2 saturated heterocycles. The minimum Gasteiger partial charge on any atom is -0.507 e. The van der Waals surface area contributed by atoms with Crippen LogP contribution in [0.4, 0.5) is 9.18 Å². The highest BCUT2D eigenvalue weighted by atomic mass is 19.1. The van der Waals surface area contributed by atoms with Crippen LogP contribution in [0.2, 0.25) is 0 Å². The van der Waals surface area contributed by atoms with E-state index in [9.17, 15) is 9.90 Å². The Morgan fingerprint density at radius 3 is 2.62 bits per heavy atom. The van der Waals surface area contributed by atoms with Crippen LogP contribution in [0.5, 0.6) is 11.6 Å². The van der Waals surface area contributed by atoms with E-state index >= 15 is 4.39 Å². The number of halogens is 1. The van der Waals surface area contributed by atoms with Crippen LogP contribution in [0, 0.1) is 0 Å². The Hall–Kier alpha value is -3.76. The normalized spacial score (nSPS) is 23.5. The Labute approximate surface area is 214 Å². The van der Waals surface area contributed by atoms with E-state index in [2.05, 4.69) is 20.3 Å². The lowest BCUT2D eigenvalue weighted by atomic mass is 9.82. The maximum Gasteiger partial charge on any atom is 0.410 e. The molecule has 10 nitrogen and oxygen atoms in total. The Morgan fingerprint density at radius 2 is 1.97 bits per heavy atom. The Balaban J connectivity index is 1.28. The van der Waals surface area contributed by atoms with E-state index in [1.165, 1.54) is 6.20 Å². The number of phenolic OH excluding ortho intramolecular Hbond substituents is 1. The van der Waals surface area contributed by atoms with Gasteiger partial charge in [0.05, 0.1) is 24.0 Å². The molecule has 0 unspecified atom stereocenters. The van der Waals surface area contributed by atoms with Gasteiger partial charge in [-0.3, -0.25) is 9.58 Å². The molecule has 1 aromatic carbocycles. The van der Waals surface area contributed by atoms with Crippen molar-refractivity contribution in [1.82, 2.24) is 29.9 Å². The van der Waals surface area contributed by atoms with Crippen LogP contribution in [0.15, 0.2) is 36.8 Å². The second kappa shape index (κ2) is 9.60. The van der Waals surface area contributed by atoms with Gasteiger partial charge in [0.2, 0.25) is 0 Å². The largest absolute Gasteiger partial charge is 0.507 e. The van der Waals surface area contributed by atoms with Crippen LogP contribution >= 0.6 is 0 Å². The fourth-order valence-electron chi connectivity index (χ4n) is 5.08. The van der Waals surface area contributed by atoms with Gasteiger partial charge in [-0.05, 0) is 57.7 Å². The molecule has 1 N–H and O–H groups in total. The van der Waals surface area contributed by atoms with Gasteiger partial charge in [-0.1, -0.05) is 6.07 Å². The van der Waals surface area contributed by atoms with Gasteiger partial charge < -0.3 is 14.6 Å². The molecule has 5 rings (SSSR count). The van der Waals surface area contributed by atoms with Crippen molar-refractivity contribution in [3.8, 4) is 34.1 Å². The highest BCUT2D eigenvalue weighted by Crippen LogP contribution is 2.38. The van der Waals surface area contributed by atoms with Gasteiger partial charge >= 0.3 is 6.09 Å². The number of benzene rings is 1. The molecule has 3 aromatic rings. The number of phenols is 1. The summed E-state index contributed by atoms with van der Waals surface area (Å²) in [5, 5.41) is 22.9. The summed E-state index contributed by atoms with van der Waals surface area (Å²) < 4.78 is 28.6. The van der Waals surface area contributed by atoms with Crippen LogP contribution in [-0.2, 0) is 11.8 Å². The first-order chi connectivity index (χ1) is 17.6. The zero-order valence-electron chi connectivity index (χ0n) is 21.3. The minimum atomic E-state index is -1.39. The number of aryl methyl sites for hydroxylation is 1. The van der Waals surface area contributed by atoms with Crippen LogP contribution in [0.3, 0.4) is 0 Å². The van der Waals surface area contributed by atoms with E-state index < -0.39 is 30.0 Å². The molecule has 0 spiro atoms. The summed E-state index contributed by atoms with van der Waals surface area (Å²) in [7, 11) is 1.82. The topological polar surface area (TPSA) is 115 Å². The predicted octanol–water partition coefficient (Wildman–Crippen LogP) is 4.29. The molecular weight excluding hydrogens is 479 g/mol. The third-order valence-corrected chi connectivity index (χ3v) is 6.71. The number of hydrogen-bond donors (Lipinski definition) is 1. The summed E-state index contributed by atoms with van der Waals surface area (Å²) in [4.78, 5) is 18.6. The van der Waals surface area contributed by atoms with Crippen molar-refractivity contribution in [2.45, 2.75) is 76.4 Å². The maximum atomic E-state index is 15.5. The molecule has 0 saturated carbocycles.